The Labute approximate surface area is 136 Å². The second kappa shape index (κ2) is 6.86. The molecule has 3 N–H and O–H groups in total. The second-order valence-corrected chi connectivity index (χ2v) is 7.13. The molecule has 0 aliphatic carbocycles. The lowest BCUT2D eigenvalue weighted by Crippen LogP contribution is -2.40. The fraction of sp³-hybridized carbons (Fsp3) is 0.444. The summed E-state index contributed by atoms with van der Waals surface area (Å²) in [6.07, 6.45) is 0.502. The zero-order chi connectivity index (χ0) is 17.0. The van der Waals surface area contributed by atoms with Gasteiger partial charge in [-0.05, 0) is 41.8 Å². The lowest BCUT2D eigenvalue weighted by molar-refractivity contribution is 0.235. The normalized spacial score (nSPS) is 11.5. The standard InChI is InChI=1S/C18H25N3O2/c1-12-5-6-13-10-14(16(22)21-15(13)9-12)7-8-19-17(23)20-11-18(2,3)4/h5-6,9-10H,7-8,11H2,1-4H3,(H,21,22)(H2,19,20,23). The Morgan fingerprint density at radius 2 is 1.91 bits per heavy atom. The first-order valence-corrected chi connectivity index (χ1v) is 7.89. The van der Waals surface area contributed by atoms with E-state index in [0.717, 1.165) is 16.5 Å². The maximum Gasteiger partial charge on any atom is 0.314 e. The fourth-order valence-corrected chi connectivity index (χ4v) is 2.26. The largest absolute Gasteiger partial charge is 0.338 e. The molecule has 0 aliphatic heterocycles. The molecule has 1 aromatic carbocycles. The molecule has 124 valence electrons. The van der Waals surface area contributed by atoms with Gasteiger partial charge in [-0.3, -0.25) is 4.79 Å². The zero-order valence-corrected chi connectivity index (χ0v) is 14.2. The average Bonchev–Trinajstić information content (AvgIpc) is 2.45. The van der Waals surface area contributed by atoms with Crippen LogP contribution in [0.25, 0.3) is 10.9 Å². The van der Waals surface area contributed by atoms with Crippen LogP contribution in [0.15, 0.2) is 29.1 Å². The van der Waals surface area contributed by atoms with E-state index in [2.05, 4.69) is 36.4 Å². The molecule has 5 heteroatoms. The zero-order valence-electron chi connectivity index (χ0n) is 14.2. The highest BCUT2D eigenvalue weighted by Crippen LogP contribution is 2.13. The van der Waals surface area contributed by atoms with E-state index in [1.165, 1.54) is 0 Å². The van der Waals surface area contributed by atoms with Gasteiger partial charge in [0.25, 0.3) is 5.56 Å². The van der Waals surface area contributed by atoms with Crippen molar-refractivity contribution in [2.75, 3.05) is 13.1 Å². The monoisotopic (exact) mass is 315 g/mol. The Morgan fingerprint density at radius 3 is 2.61 bits per heavy atom. The molecule has 0 unspecified atom stereocenters. The van der Waals surface area contributed by atoms with Crippen molar-refractivity contribution in [1.82, 2.24) is 15.6 Å². The minimum Gasteiger partial charge on any atom is -0.338 e. The topological polar surface area (TPSA) is 74.0 Å². The summed E-state index contributed by atoms with van der Waals surface area (Å²) in [6, 6.07) is 7.66. The van der Waals surface area contributed by atoms with E-state index in [0.29, 0.717) is 25.1 Å². The maximum atomic E-state index is 12.1. The van der Waals surface area contributed by atoms with E-state index in [1.54, 1.807) is 0 Å². The third-order valence-electron chi connectivity index (χ3n) is 3.54. The minimum absolute atomic E-state index is 0.0466. The number of pyridine rings is 1. The van der Waals surface area contributed by atoms with Crippen molar-refractivity contribution in [3.05, 3.63) is 45.7 Å². The van der Waals surface area contributed by atoms with Crippen molar-refractivity contribution in [2.24, 2.45) is 5.41 Å². The first-order valence-electron chi connectivity index (χ1n) is 7.89. The van der Waals surface area contributed by atoms with Crippen LogP contribution in [-0.2, 0) is 6.42 Å². The summed E-state index contributed by atoms with van der Waals surface area (Å²) in [5.41, 5.74) is 2.58. The quantitative estimate of drug-likeness (QED) is 0.811. The van der Waals surface area contributed by atoms with Gasteiger partial charge in [0.15, 0.2) is 0 Å². The molecule has 2 rings (SSSR count). The summed E-state index contributed by atoms with van der Waals surface area (Å²) in [4.78, 5) is 26.7. The first-order chi connectivity index (χ1) is 10.7. The van der Waals surface area contributed by atoms with Crippen molar-refractivity contribution in [1.29, 1.82) is 0 Å². The number of rotatable bonds is 4. The highest BCUT2D eigenvalue weighted by molar-refractivity contribution is 5.79. The van der Waals surface area contributed by atoms with E-state index in [1.807, 2.05) is 31.2 Å². The average molecular weight is 315 g/mol. The molecule has 2 amide bonds. The Kier molecular flexibility index (Phi) is 5.08. The van der Waals surface area contributed by atoms with Crippen LogP contribution in [0.4, 0.5) is 4.79 Å². The number of hydrogen-bond donors (Lipinski definition) is 3. The van der Waals surface area contributed by atoms with Crippen LogP contribution in [0.5, 0.6) is 0 Å². The fourth-order valence-electron chi connectivity index (χ4n) is 2.26. The molecule has 0 saturated carbocycles. The molecular weight excluding hydrogens is 290 g/mol. The number of aromatic nitrogens is 1. The van der Waals surface area contributed by atoms with Gasteiger partial charge in [0.1, 0.15) is 0 Å². The van der Waals surface area contributed by atoms with E-state index in [9.17, 15) is 9.59 Å². The summed E-state index contributed by atoms with van der Waals surface area (Å²) in [5.74, 6) is 0. The lowest BCUT2D eigenvalue weighted by atomic mass is 9.97. The molecular formula is C18H25N3O2. The van der Waals surface area contributed by atoms with E-state index < -0.39 is 0 Å². The third-order valence-corrected chi connectivity index (χ3v) is 3.54. The highest BCUT2D eigenvalue weighted by atomic mass is 16.2. The van der Waals surface area contributed by atoms with Crippen molar-refractivity contribution in [2.45, 2.75) is 34.1 Å². The Hall–Kier alpha value is -2.30. The summed E-state index contributed by atoms with van der Waals surface area (Å²) in [6.45, 7) is 9.20. The number of amides is 2. The Morgan fingerprint density at radius 1 is 1.17 bits per heavy atom. The molecule has 23 heavy (non-hydrogen) atoms. The van der Waals surface area contributed by atoms with Gasteiger partial charge in [-0.25, -0.2) is 4.79 Å². The number of benzene rings is 1. The van der Waals surface area contributed by atoms with Crippen LogP contribution in [0.3, 0.4) is 0 Å². The van der Waals surface area contributed by atoms with Crippen molar-refractivity contribution >= 4 is 16.9 Å². The Bertz CT molecular complexity index is 757. The van der Waals surface area contributed by atoms with Crippen LogP contribution in [0.1, 0.15) is 31.9 Å². The smallest absolute Gasteiger partial charge is 0.314 e. The van der Waals surface area contributed by atoms with Gasteiger partial charge in [-0.15, -0.1) is 0 Å². The van der Waals surface area contributed by atoms with Gasteiger partial charge in [0.2, 0.25) is 0 Å². The molecule has 0 spiro atoms. The lowest BCUT2D eigenvalue weighted by Gasteiger charge is -2.18. The SMILES string of the molecule is Cc1ccc2cc(CCNC(=O)NCC(C)(C)C)c(=O)[nH]c2c1. The molecule has 0 saturated heterocycles. The van der Waals surface area contributed by atoms with Crippen molar-refractivity contribution in [3.8, 4) is 0 Å². The number of fused-ring (bicyclic) bond motifs is 1. The second-order valence-electron chi connectivity index (χ2n) is 7.13. The number of carbonyl (C=O) groups is 1. The van der Waals surface area contributed by atoms with Crippen LogP contribution >= 0.6 is 0 Å². The van der Waals surface area contributed by atoms with Crippen molar-refractivity contribution < 1.29 is 4.79 Å². The molecule has 1 aromatic heterocycles. The molecule has 0 bridgehead atoms. The van der Waals surface area contributed by atoms with Gasteiger partial charge in [-0.1, -0.05) is 32.9 Å². The Balaban J connectivity index is 1.94. The molecule has 1 heterocycles. The molecule has 0 radical (unpaired) electrons. The van der Waals surface area contributed by atoms with Crippen molar-refractivity contribution in [3.63, 3.8) is 0 Å². The van der Waals surface area contributed by atoms with Crippen LogP contribution in [0.2, 0.25) is 0 Å². The van der Waals surface area contributed by atoms with Gasteiger partial charge >= 0.3 is 6.03 Å². The number of hydrogen-bond acceptors (Lipinski definition) is 2. The van der Waals surface area contributed by atoms with Gasteiger partial charge in [-0.2, -0.15) is 0 Å². The minimum atomic E-state index is -0.201. The number of H-pyrrole nitrogens is 1. The predicted octanol–water partition coefficient (Wildman–Crippen LogP) is 2.72. The van der Waals surface area contributed by atoms with Gasteiger partial charge in [0, 0.05) is 24.2 Å². The molecule has 5 nitrogen and oxygen atoms in total. The highest BCUT2D eigenvalue weighted by Gasteiger charge is 2.11. The van der Waals surface area contributed by atoms with Crippen LogP contribution < -0.4 is 16.2 Å². The molecule has 2 aromatic rings. The van der Waals surface area contributed by atoms with E-state index in [-0.39, 0.29) is 17.0 Å². The molecule has 0 atom stereocenters. The first kappa shape index (κ1) is 17.1. The van der Waals surface area contributed by atoms with Gasteiger partial charge in [0.05, 0.1) is 0 Å². The van der Waals surface area contributed by atoms with E-state index in [4.69, 9.17) is 0 Å². The number of urea groups is 1. The van der Waals surface area contributed by atoms with Crippen LogP contribution in [0, 0.1) is 12.3 Å². The van der Waals surface area contributed by atoms with Gasteiger partial charge < -0.3 is 15.6 Å². The van der Waals surface area contributed by atoms with Crippen LogP contribution in [-0.4, -0.2) is 24.1 Å². The number of nitrogens with one attached hydrogen (secondary N) is 3. The number of carbonyl (C=O) groups excluding carboxylic acids is 1. The number of aromatic amines is 1. The maximum absolute atomic E-state index is 12.1. The summed E-state index contributed by atoms with van der Waals surface area (Å²) in [7, 11) is 0. The molecule has 0 aliphatic rings. The molecule has 0 fully saturated rings. The number of aryl methyl sites for hydroxylation is 1. The third kappa shape index (κ3) is 5.13. The summed E-state index contributed by atoms with van der Waals surface area (Å²) in [5, 5.41) is 6.61. The summed E-state index contributed by atoms with van der Waals surface area (Å²) < 4.78 is 0. The summed E-state index contributed by atoms with van der Waals surface area (Å²) >= 11 is 0. The predicted molar refractivity (Wildman–Crippen MR) is 93.9 cm³/mol. The van der Waals surface area contributed by atoms with E-state index >= 15 is 0 Å².